The van der Waals surface area contributed by atoms with Crippen LogP contribution in [0.5, 0.6) is 0 Å². The summed E-state index contributed by atoms with van der Waals surface area (Å²) >= 11 is 6.36. The minimum Gasteiger partial charge on any atom is -0.378 e. The van der Waals surface area contributed by atoms with E-state index in [1.54, 1.807) is 17.1 Å². The Kier molecular flexibility index (Phi) is 5.68. The molecule has 3 heterocycles. The highest BCUT2D eigenvalue weighted by molar-refractivity contribution is 6.32. The molecule has 0 amide bonds. The first kappa shape index (κ1) is 20.3. The summed E-state index contributed by atoms with van der Waals surface area (Å²) in [5.74, 6) is 0.449. The van der Waals surface area contributed by atoms with E-state index in [2.05, 4.69) is 43.5 Å². The average molecular weight is 424 g/mol. The Labute approximate surface area is 180 Å². The Hall–Kier alpha value is -2.99. The van der Waals surface area contributed by atoms with Crippen molar-refractivity contribution in [1.82, 2.24) is 24.6 Å². The average Bonchev–Trinajstić information content (AvgIpc) is 3.14. The highest BCUT2D eigenvalue weighted by Crippen LogP contribution is 2.30. The molecule has 0 unspecified atom stereocenters. The molecule has 154 valence electrons. The largest absolute Gasteiger partial charge is 0.378 e. The number of nitrogens with one attached hydrogen (secondary N) is 1. The molecule has 1 aromatic carbocycles. The van der Waals surface area contributed by atoms with Crippen LogP contribution >= 0.6 is 11.6 Å². The topological polar surface area (TPSA) is 91.9 Å². The van der Waals surface area contributed by atoms with Gasteiger partial charge in [-0.3, -0.25) is 4.68 Å². The lowest BCUT2D eigenvalue weighted by atomic mass is 9.88. The van der Waals surface area contributed by atoms with Crippen molar-refractivity contribution in [1.29, 1.82) is 5.26 Å². The molecule has 3 aromatic rings. The minimum atomic E-state index is -0.511. The van der Waals surface area contributed by atoms with Crippen molar-refractivity contribution in [2.24, 2.45) is 5.41 Å². The number of nitriles is 1. The zero-order chi connectivity index (χ0) is 21.1. The van der Waals surface area contributed by atoms with E-state index < -0.39 is 5.41 Å². The summed E-state index contributed by atoms with van der Waals surface area (Å²) in [7, 11) is 4.07. The summed E-state index contributed by atoms with van der Waals surface area (Å²) < 4.78 is 6.93. The van der Waals surface area contributed by atoms with Crippen molar-refractivity contribution in [3.05, 3.63) is 53.4 Å². The van der Waals surface area contributed by atoms with E-state index in [1.165, 1.54) is 5.56 Å². The van der Waals surface area contributed by atoms with Crippen LogP contribution in [0, 0.1) is 16.7 Å². The first-order chi connectivity index (χ1) is 14.5. The molecular formula is C21H22ClN7O. The predicted octanol–water partition coefficient (Wildman–Crippen LogP) is 3.34. The molecule has 0 atom stereocenters. The first-order valence-corrected chi connectivity index (χ1v) is 9.89. The van der Waals surface area contributed by atoms with Gasteiger partial charge in [0.25, 0.3) is 0 Å². The van der Waals surface area contributed by atoms with Crippen LogP contribution in [0.4, 0.5) is 11.6 Å². The summed E-state index contributed by atoms with van der Waals surface area (Å²) in [5, 5.41) is 17.4. The van der Waals surface area contributed by atoms with Crippen molar-refractivity contribution in [2.75, 3.05) is 32.6 Å². The highest BCUT2D eigenvalue weighted by Gasteiger charge is 2.39. The van der Waals surface area contributed by atoms with Gasteiger partial charge in [0.05, 0.1) is 48.9 Å². The van der Waals surface area contributed by atoms with Crippen molar-refractivity contribution in [2.45, 2.75) is 13.1 Å². The smallest absolute Gasteiger partial charge is 0.227 e. The van der Waals surface area contributed by atoms with Crippen LogP contribution in [0.3, 0.4) is 0 Å². The van der Waals surface area contributed by atoms with Gasteiger partial charge < -0.3 is 15.0 Å². The number of benzene rings is 1. The first-order valence-electron chi connectivity index (χ1n) is 9.51. The van der Waals surface area contributed by atoms with E-state index in [9.17, 15) is 5.26 Å². The monoisotopic (exact) mass is 423 g/mol. The molecule has 0 radical (unpaired) electrons. The maximum absolute atomic E-state index is 9.39. The van der Waals surface area contributed by atoms with Crippen LogP contribution in [0.1, 0.15) is 5.56 Å². The predicted molar refractivity (Wildman–Crippen MR) is 114 cm³/mol. The Morgan fingerprint density at radius 2 is 2.17 bits per heavy atom. The van der Waals surface area contributed by atoms with Crippen molar-refractivity contribution in [3.63, 3.8) is 0 Å². The van der Waals surface area contributed by atoms with Gasteiger partial charge in [-0.2, -0.15) is 10.4 Å². The number of nitrogens with zero attached hydrogens (tertiary/aromatic N) is 6. The van der Waals surface area contributed by atoms with Gasteiger partial charge >= 0.3 is 0 Å². The summed E-state index contributed by atoms with van der Waals surface area (Å²) in [6, 6.07) is 10.4. The molecule has 1 aliphatic rings. The fourth-order valence-corrected chi connectivity index (χ4v) is 3.49. The highest BCUT2D eigenvalue weighted by atomic mass is 35.5. The molecule has 1 N–H and O–H groups in total. The number of rotatable bonds is 7. The van der Waals surface area contributed by atoms with Crippen LogP contribution in [0.2, 0.25) is 5.02 Å². The van der Waals surface area contributed by atoms with Crippen molar-refractivity contribution in [3.8, 4) is 17.3 Å². The van der Waals surface area contributed by atoms with Gasteiger partial charge in [0.2, 0.25) is 5.95 Å². The number of anilines is 2. The molecule has 0 saturated carbocycles. The molecule has 4 rings (SSSR count). The van der Waals surface area contributed by atoms with Gasteiger partial charge in [0.15, 0.2) is 0 Å². The van der Waals surface area contributed by atoms with Crippen molar-refractivity contribution < 1.29 is 4.74 Å². The van der Waals surface area contributed by atoms with E-state index in [1.807, 2.05) is 32.4 Å². The maximum Gasteiger partial charge on any atom is 0.227 e. The van der Waals surface area contributed by atoms with Crippen LogP contribution < -0.4 is 5.32 Å². The molecule has 1 saturated heterocycles. The van der Waals surface area contributed by atoms with Gasteiger partial charge in [-0.05, 0) is 31.8 Å². The summed E-state index contributed by atoms with van der Waals surface area (Å²) in [6.07, 6.45) is 5.11. The third-order valence-corrected chi connectivity index (χ3v) is 5.07. The van der Waals surface area contributed by atoms with E-state index in [0.29, 0.717) is 36.4 Å². The standard InChI is InChI=1S/C21H22ClN7O/c1-28(2)9-15-4-3-5-17(6-15)26-20-24-8-18(22)19(27-20)16-7-25-29(10-16)12-21(11-23)13-30-14-21/h3-8,10H,9,12-14H2,1-2H3,(H,24,26,27). The minimum absolute atomic E-state index is 0.425. The normalized spacial score (nSPS) is 14.9. The number of aromatic nitrogens is 4. The lowest BCUT2D eigenvalue weighted by molar-refractivity contribution is -0.0870. The van der Waals surface area contributed by atoms with Crippen LogP contribution in [0.25, 0.3) is 11.3 Å². The van der Waals surface area contributed by atoms with E-state index in [0.717, 1.165) is 17.8 Å². The fraction of sp³-hybridized carbons (Fsp3) is 0.333. The molecular weight excluding hydrogens is 402 g/mol. The van der Waals surface area contributed by atoms with Gasteiger partial charge in [0, 0.05) is 24.0 Å². The van der Waals surface area contributed by atoms with Crippen LogP contribution in [-0.4, -0.2) is 52.0 Å². The third-order valence-electron chi connectivity index (χ3n) is 4.79. The molecule has 0 aliphatic carbocycles. The molecule has 1 fully saturated rings. The summed E-state index contributed by atoms with van der Waals surface area (Å²) in [4.78, 5) is 11.0. The van der Waals surface area contributed by atoms with Gasteiger partial charge in [-0.25, -0.2) is 9.97 Å². The molecule has 8 nitrogen and oxygen atoms in total. The van der Waals surface area contributed by atoms with Gasteiger partial charge in [0.1, 0.15) is 5.41 Å². The maximum atomic E-state index is 9.39. The second-order valence-electron chi connectivity index (χ2n) is 7.76. The lowest BCUT2D eigenvalue weighted by Gasteiger charge is -2.34. The lowest BCUT2D eigenvalue weighted by Crippen LogP contribution is -2.44. The number of hydrogen-bond donors (Lipinski definition) is 1. The Morgan fingerprint density at radius 1 is 1.33 bits per heavy atom. The van der Waals surface area contributed by atoms with Crippen LogP contribution in [-0.2, 0) is 17.8 Å². The molecule has 0 bridgehead atoms. The fourth-order valence-electron chi connectivity index (χ4n) is 3.29. The van der Waals surface area contributed by atoms with Gasteiger partial charge in [-0.1, -0.05) is 23.7 Å². The van der Waals surface area contributed by atoms with Gasteiger partial charge in [-0.15, -0.1) is 0 Å². The summed E-state index contributed by atoms with van der Waals surface area (Å²) in [5.41, 5.74) is 2.93. The number of halogens is 1. The zero-order valence-corrected chi connectivity index (χ0v) is 17.6. The molecule has 2 aromatic heterocycles. The number of hydrogen-bond acceptors (Lipinski definition) is 7. The van der Waals surface area contributed by atoms with E-state index in [-0.39, 0.29) is 0 Å². The van der Waals surface area contributed by atoms with E-state index >= 15 is 0 Å². The Bertz CT molecular complexity index is 1080. The number of ether oxygens (including phenoxy) is 1. The second-order valence-corrected chi connectivity index (χ2v) is 8.17. The summed E-state index contributed by atoms with van der Waals surface area (Å²) in [6.45, 7) is 2.16. The second kappa shape index (κ2) is 8.40. The quantitative estimate of drug-likeness (QED) is 0.623. The Morgan fingerprint density at radius 3 is 2.87 bits per heavy atom. The third kappa shape index (κ3) is 4.44. The Balaban J connectivity index is 1.54. The molecule has 0 spiro atoms. The molecule has 9 heteroatoms. The van der Waals surface area contributed by atoms with E-state index in [4.69, 9.17) is 16.3 Å². The van der Waals surface area contributed by atoms with Crippen molar-refractivity contribution >= 4 is 23.2 Å². The van der Waals surface area contributed by atoms with Crippen LogP contribution in [0.15, 0.2) is 42.9 Å². The SMILES string of the molecule is CN(C)Cc1cccc(Nc2ncc(Cl)c(-c3cnn(CC4(C#N)COC4)c3)n2)c1. The molecule has 1 aliphatic heterocycles. The molecule has 30 heavy (non-hydrogen) atoms. The zero-order valence-electron chi connectivity index (χ0n) is 16.8.